The molecule has 0 saturated heterocycles. The van der Waals surface area contributed by atoms with Crippen LogP contribution in [0.2, 0.25) is 0 Å². The number of anilines is 2. The summed E-state index contributed by atoms with van der Waals surface area (Å²) < 4.78 is 5.16. The fourth-order valence-electron chi connectivity index (χ4n) is 2.95. The van der Waals surface area contributed by atoms with Crippen LogP contribution in [0.5, 0.6) is 5.75 Å². The first kappa shape index (κ1) is 20.3. The van der Waals surface area contributed by atoms with E-state index in [1.165, 1.54) is 5.56 Å². The molecule has 0 saturated carbocycles. The molecule has 0 bridgehead atoms. The van der Waals surface area contributed by atoms with Gasteiger partial charge >= 0.3 is 0 Å². The van der Waals surface area contributed by atoms with Gasteiger partial charge in [0.15, 0.2) is 0 Å². The number of ether oxygens (including phenoxy) is 1. The summed E-state index contributed by atoms with van der Waals surface area (Å²) in [5.74, 6) is 1.02. The molecule has 150 valence electrons. The number of nitrogens with one attached hydrogen (secondary N) is 2. The Hall–Kier alpha value is -3.41. The Morgan fingerprint density at radius 2 is 1.79 bits per heavy atom. The molecular formula is C23H26N4O2. The molecule has 0 unspecified atom stereocenters. The molecule has 1 aromatic heterocycles. The molecule has 6 nitrogen and oxygen atoms in total. The SMILES string of the molecule is COc1ccc(CCNC(=O)c2cc(C)nc(Nc3cccc(C)c3C)n2)cc1. The lowest BCUT2D eigenvalue weighted by Crippen LogP contribution is -2.27. The molecule has 29 heavy (non-hydrogen) atoms. The zero-order valence-corrected chi connectivity index (χ0v) is 17.2. The Bertz CT molecular complexity index is 1000. The summed E-state index contributed by atoms with van der Waals surface area (Å²) in [7, 11) is 1.64. The fourth-order valence-corrected chi connectivity index (χ4v) is 2.95. The third-order valence-electron chi connectivity index (χ3n) is 4.80. The zero-order valence-electron chi connectivity index (χ0n) is 17.2. The van der Waals surface area contributed by atoms with E-state index >= 15 is 0 Å². The van der Waals surface area contributed by atoms with Crippen LogP contribution in [0.15, 0.2) is 48.5 Å². The molecule has 1 heterocycles. The first-order valence-corrected chi connectivity index (χ1v) is 9.56. The Kier molecular flexibility index (Phi) is 6.44. The van der Waals surface area contributed by atoms with Crippen LogP contribution in [0.4, 0.5) is 11.6 Å². The van der Waals surface area contributed by atoms with Crippen LogP contribution in [0.25, 0.3) is 0 Å². The monoisotopic (exact) mass is 390 g/mol. The minimum absolute atomic E-state index is 0.215. The standard InChI is InChI=1S/C23H26N4O2/c1-15-6-5-7-20(17(15)3)26-23-25-16(2)14-21(27-23)22(28)24-13-12-18-8-10-19(29-4)11-9-18/h5-11,14H,12-13H2,1-4H3,(H,24,28)(H,25,26,27). The third-order valence-corrected chi connectivity index (χ3v) is 4.80. The quantitative estimate of drug-likeness (QED) is 0.634. The first-order valence-electron chi connectivity index (χ1n) is 9.56. The lowest BCUT2D eigenvalue weighted by atomic mass is 10.1. The maximum absolute atomic E-state index is 12.6. The van der Waals surface area contributed by atoms with Gasteiger partial charge in [0.25, 0.3) is 5.91 Å². The Morgan fingerprint density at radius 1 is 1.03 bits per heavy atom. The van der Waals surface area contributed by atoms with Gasteiger partial charge in [-0.2, -0.15) is 0 Å². The van der Waals surface area contributed by atoms with Gasteiger partial charge in [0.05, 0.1) is 7.11 Å². The number of benzene rings is 2. The summed E-state index contributed by atoms with van der Waals surface area (Å²) in [5, 5.41) is 6.15. The number of aryl methyl sites for hydroxylation is 2. The summed E-state index contributed by atoms with van der Waals surface area (Å²) >= 11 is 0. The summed E-state index contributed by atoms with van der Waals surface area (Å²) in [6.45, 7) is 6.47. The highest BCUT2D eigenvalue weighted by atomic mass is 16.5. The van der Waals surface area contributed by atoms with Gasteiger partial charge in [-0.1, -0.05) is 24.3 Å². The molecule has 0 radical (unpaired) electrons. The van der Waals surface area contributed by atoms with Crippen molar-refractivity contribution in [3.8, 4) is 5.75 Å². The van der Waals surface area contributed by atoms with Gasteiger partial charge in [0.1, 0.15) is 11.4 Å². The van der Waals surface area contributed by atoms with Gasteiger partial charge in [-0.15, -0.1) is 0 Å². The van der Waals surface area contributed by atoms with E-state index in [9.17, 15) is 4.79 Å². The maximum Gasteiger partial charge on any atom is 0.270 e. The van der Waals surface area contributed by atoms with E-state index in [0.29, 0.717) is 18.2 Å². The second-order valence-corrected chi connectivity index (χ2v) is 6.94. The molecule has 0 aliphatic heterocycles. The minimum atomic E-state index is -0.215. The van der Waals surface area contributed by atoms with Crippen molar-refractivity contribution >= 4 is 17.5 Å². The molecule has 3 rings (SSSR count). The average Bonchev–Trinajstić information content (AvgIpc) is 2.71. The third kappa shape index (κ3) is 5.31. The molecule has 0 atom stereocenters. The molecule has 0 aliphatic carbocycles. The van der Waals surface area contributed by atoms with Gasteiger partial charge in [0, 0.05) is 17.9 Å². The van der Waals surface area contributed by atoms with Crippen LogP contribution in [0.3, 0.4) is 0 Å². The van der Waals surface area contributed by atoms with E-state index in [2.05, 4.69) is 33.6 Å². The minimum Gasteiger partial charge on any atom is -0.497 e. The first-order chi connectivity index (χ1) is 14.0. The predicted octanol–water partition coefficient (Wildman–Crippen LogP) is 4.13. The molecule has 2 N–H and O–H groups in total. The second kappa shape index (κ2) is 9.19. The average molecular weight is 390 g/mol. The van der Waals surface area contributed by atoms with E-state index in [-0.39, 0.29) is 5.91 Å². The van der Waals surface area contributed by atoms with Gasteiger partial charge in [-0.25, -0.2) is 9.97 Å². The van der Waals surface area contributed by atoms with E-state index < -0.39 is 0 Å². The van der Waals surface area contributed by atoms with Crippen molar-refractivity contribution in [2.24, 2.45) is 0 Å². The van der Waals surface area contributed by atoms with E-state index in [0.717, 1.165) is 34.7 Å². The highest BCUT2D eigenvalue weighted by Gasteiger charge is 2.11. The molecule has 0 aliphatic rings. The number of carbonyl (C=O) groups excluding carboxylic acids is 1. The number of methoxy groups -OCH3 is 1. The maximum atomic E-state index is 12.6. The molecule has 3 aromatic rings. The molecule has 0 fully saturated rings. The van der Waals surface area contributed by atoms with Gasteiger partial charge < -0.3 is 15.4 Å². The Labute approximate surface area is 171 Å². The van der Waals surface area contributed by atoms with Crippen LogP contribution in [0.1, 0.15) is 32.9 Å². The molecule has 6 heteroatoms. The molecular weight excluding hydrogens is 364 g/mol. The highest BCUT2D eigenvalue weighted by molar-refractivity contribution is 5.92. The van der Waals surface area contributed by atoms with E-state index in [1.54, 1.807) is 13.2 Å². The smallest absolute Gasteiger partial charge is 0.270 e. The van der Waals surface area contributed by atoms with Crippen molar-refractivity contribution < 1.29 is 9.53 Å². The Balaban J connectivity index is 1.65. The Morgan fingerprint density at radius 3 is 2.52 bits per heavy atom. The number of carbonyl (C=O) groups is 1. The number of amides is 1. The summed E-state index contributed by atoms with van der Waals surface area (Å²) in [4.78, 5) is 21.4. The van der Waals surface area contributed by atoms with Crippen LogP contribution in [-0.2, 0) is 6.42 Å². The van der Waals surface area contributed by atoms with Crippen LogP contribution >= 0.6 is 0 Å². The molecule has 2 aromatic carbocycles. The van der Waals surface area contributed by atoms with Crippen LogP contribution < -0.4 is 15.4 Å². The lowest BCUT2D eigenvalue weighted by molar-refractivity contribution is 0.0949. The van der Waals surface area contributed by atoms with Crippen LogP contribution in [-0.4, -0.2) is 29.5 Å². The van der Waals surface area contributed by atoms with Crippen molar-refractivity contribution in [3.63, 3.8) is 0 Å². The second-order valence-electron chi connectivity index (χ2n) is 6.94. The van der Waals surface area contributed by atoms with Crippen molar-refractivity contribution in [1.29, 1.82) is 0 Å². The predicted molar refractivity (Wildman–Crippen MR) is 115 cm³/mol. The molecule has 0 spiro atoms. The lowest BCUT2D eigenvalue weighted by Gasteiger charge is -2.12. The van der Waals surface area contributed by atoms with E-state index in [1.807, 2.05) is 50.2 Å². The number of hydrogen-bond acceptors (Lipinski definition) is 5. The van der Waals surface area contributed by atoms with E-state index in [4.69, 9.17) is 4.74 Å². The summed E-state index contributed by atoms with van der Waals surface area (Å²) in [6.07, 6.45) is 0.730. The number of aromatic nitrogens is 2. The summed E-state index contributed by atoms with van der Waals surface area (Å²) in [6, 6.07) is 15.5. The van der Waals surface area contributed by atoms with Gasteiger partial charge in [-0.3, -0.25) is 4.79 Å². The number of nitrogens with zero attached hydrogens (tertiary/aromatic N) is 2. The fraction of sp³-hybridized carbons (Fsp3) is 0.261. The normalized spacial score (nSPS) is 10.5. The van der Waals surface area contributed by atoms with Crippen molar-refractivity contribution in [2.75, 3.05) is 19.0 Å². The van der Waals surface area contributed by atoms with Crippen molar-refractivity contribution in [2.45, 2.75) is 27.2 Å². The van der Waals surface area contributed by atoms with Crippen molar-refractivity contribution in [1.82, 2.24) is 15.3 Å². The van der Waals surface area contributed by atoms with Crippen LogP contribution in [0, 0.1) is 20.8 Å². The summed E-state index contributed by atoms with van der Waals surface area (Å²) in [5.41, 5.74) is 5.44. The topological polar surface area (TPSA) is 76.1 Å². The van der Waals surface area contributed by atoms with Gasteiger partial charge in [-0.05, 0) is 68.1 Å². The van der Waals surface area contributed by atoms with Crippen molar-refractivity contribution in [3.05, 3.63) is 76.6 Å². The van der Waals surface area contributed by atoms with Gasteiger partial charge in [0.2, 0.25) is 5.95 Å². The number of hydrogen-bond donors (Lipinski definition) is 2. The zero-order chi connectivity index (χ0) is 20.8. The largest absolute Gasteiger partial charge is 0.497 e. The number of rotatable bonds is 7. The highest BCUT2D eigenvalue weighted by Crippen LogP contribution is 2.21. The molecule has 1 amide bonds.